The first-order chi connectivity index (χ1) is 10.9. The van der Waals surface area contributed by atoms with Crippen LogP contribution in [-0.2, 0) is 6.42 Å². The lowest BCUT2D eigenvalue weighted by molar-refractivity contribution is -0.385. The summed E-state index contributed by atoms with van der Waals surface area (Å²) in [7, 11) is 0. The predicted molar refractivity (Wildman–Crippen MR) is 90.3 cm³/mol. The summed E-state index contributed by atoms with van der Waals surface area (Å²) >= 11 is 11.9. The van der Waals surface area contributed by atoms with Crippen molar-refractivity contribution in [2.24, 2.45) is 0 Å². The molecule has 23 heavy (non-hydrogen) atoms. The maximum Gasteiger partial charge on any atom is 0.273 e. The Morgan fingerprint density at radius 2 is 2.00 bits per heavy atom. The van der Waals surface area contributed by atoms with Gasteiger partial charge in [0.2, 0.25) is 0 Å². The van der Waals surface area contributed by atoms with E-state index in [1.807, 2.05) is 0 Å². The number of halogens is 2. The number of carbonyl (C=O) groups is 1. The Bertz CT molecular complexity index is 763. The van der Waals surface area contributed by atoms with Gasteiger partial charge in [-0.25, -0.2) is 0 Å². The van der Waals surface area contributed by atoms with Crippen molar-refractivity contribution in [3.8, 4) is 0 Å². The molecule has 7 heteroatoms. The highest BCUT2D eigenvalue weighted by molar-refractivity contribution is 6.35. The van der Waals surface area contributed by atoms with E-state index in [4.69, 9.17) is 23.2 Å². The molecular formula is C16H14Cl2N2O3. The van der Waals surface area contributed by atoms with Crippen LogP contribution >= 0.6 is 23.2 Å². The summed E-state index contributed by atoms with van der Waals surface area (Å²) in [6.45, 7) is 1.92. The van der Waals surface area contributed by atoms with E-state index < -0.39 is 4.92 Å². The first kappa shape index (κ1) is 17.2. The van der Waals surface area contributed by atoms with Crippen LogP contribution in [0.5, 0.6) is 0 Å². The fraction of sp³-hybridized carbons (Fsp3) is 0.188. The normalized spacial score (nSPS) is 10.4. The second-order valence-corrected chi connectivity index (χ2v) is 5.79. The molecule has 0 atom stereocenters. The lowest BCUT2D eigenvalue weighted by Crippen LogP contribution is -2.26. The van der Waals surface area contributed by atoms with Crippen LogP contribution < -0.4 is 5.32 Å². The molecule has 0 aliphatic carbocycles. The van der Waals surface area contributed by atoms with Crippen molar-refractivity contribution in [2.75, 3.05) is 6.54 Å². The van der Waals surface area contributed by atoms with Crippen LogP contribution in [0.1, 0.15) is 21.5 Å². The Balaban J connectivity index is 2.03. The summed E-state index contributed by atoms with van der Waals surface area (Å²) < 4.78 is 0. The van der Waals surface area contributed by atoms with Gasteiger partial charge in [0.25, 0.3) is 11.6 Å². The minimum absolute atomic E-state index is 0.0709. The number of nitrogens with zero attached hydrogens (tertiary/aromatic N) is 1. The lowest BCUT2D eigenvalue weighted by atomic mass is 10.1. The van der Waals surface area contributed by atoms with Crippen molar-refractivity contribution in [3.63, 3.8) is 0 Å². The fourth-order valence-corrected chi connectivity index (χ4v) is 2.70. The van der Waals surface area contributed by atoms with Crippen molar-refractivity contribution in [2.45, 2.75) is 13.3 Å². The molecular weight excluding hydrogens is 339 g/mol. The molecule has 120 valence electrons. The minimum Gasteiger partial charge on any atom is -0.352 e. The van der Waals surface area contributed by atoms with Crippen molar-refractivity contribution in [1.29, 1.82) is 0 Å². The molecule has 0 unspecified atom stereocenters. The molecule has 0 aliphatic heterocycles. The maximum absolute atomic E-state index is 12.2. The van der Waals surface area contributed by atoms with Gasteiger partial charge >= 0.3 is 0 Å². The second kappa shape index (κ2) is 7.44. The van der Waals surface area contributed by atoms with Gasteiger partial charge in [0.05, 0.1) is 4.92 Å². The van der Waals surface area contributed by atoms with Gasteiger partial charge in [-0.15, -0.1) is 0 Å². The van der Waals surface area contributed by atoms with Crippen LogP contribution in [0, 0.1) is 17.0 Å². The number of carbonyl (C=O) groups excluding carboxylic acids is 1. The molecule has 0 bridgehead atoms. The Kier molecular flexibility index (Phi) is 5.58. The van der Waals surface area contributed by atoms with Crippen LogP contribution in [0.25, 0.3) is 0 Å². The molecule has 5 nitrogen and oxygen atoms in total. The first-order valence-corrected chi connectivity index (χ1v) is 7.62. The Labute approximate surface area is 143 Å². The average Bonchev–Trinajstić information content (AvgIpc) is 2.49. The zero-order valence-corrected chi connectivity index (χ0v) is 13.8. The summed E-state index contributed by atoms with van der Waals surface area (Å²) in [6, 6.07) is 9.61. The van der Waals surface area contributed by atoms with Gasteiger partial charge in [0, 0.05) is 33.8 Å². The first-order valence-electron chi connectivity index (χ1n) is 6.86. The zero-order valence-electron chi connectivity index (χ0n) is 12.3. The van der Waals surface area contributed by atoms with E-state index in [0.717, 1.165) is 5.56 Å². The molecule has 1 N–H and O–H groups in total. The number of benzene rings is 2. The van der Waals surface area contributed by atoms with E-state index in [-0.39, 0.29) is 11.6 Å². The SMILES string of the molecule is Cc1c(C(=O)NCCc2ccc(Cl)cc2Cl)cccc1[N+](=O)[O-]. The molecule has 0 spiro atoms. The van der Waals surface area contributed by atoms with Gasteiger partial charge in [-0.3, -0.25) is 14.9 Å². The van der Waals surface area contributed by atoms with Gasteiger partial charge in [-0.05, 0) is 37.1 Å². The Hall–Kier alpha value is -2.11. The van der Waals surface area contributed by atoms with E-state index in [9.17, 15) is 14.9 Å². The number of rotatable bonds is 5. The number of hydrogen-bond donors (Lipinski definition) is 1. The summed E-state index contributed by atoms with van der Waals surface area (Å²) in [5.74, 6) is -0.351. The van der Waals surface area contributed by atoms with Crippen LogP contribution in [0.3, 0.4) is 0 Å². The molecule has 0 aromatic heterocycles. The smallest absolute Gasteiger partial charge is 0.273 e. The third-order valence-electron chi connectivity index (χ3n) is 3.44. The highest BCUT2D eigenvalue weighted by Gasteiger charge is 2.17. The topological polar surface area (TPSA) is 72.2 Å². The van der Waals surface area contributed by atoms with Crippen molar-refractivity contribution < 1.29 is 9.72 Å². The fourth-order valence-electron chi connectivity index (χ4n) is 2.20. The van der Waals surface area contributed by atoms with E-state index in [1.165, 1.54) is 12.1 Å². The highest BCUT2D eigenvalue weighted by atomic mass is 35.5. The van der Waals surface area contributed by atoms with Gasteiger partial charge in [-0.2, -0.15) is 0 Å². The van der Waals surface area contributed by atoms with Crippen molar-refractivity contribution in [3.05, 3.63) is 73.2 Å². The van der Waals surface area contributed by atoms with Gasteiger partial charge < -0.3 is 5.32 Å². The minimum atomic E-state index is -0.500. The number of nitro benzene ring substituents is 1. The van der Waals surface area contributed by atoms with Crippen molar-refractivity contribution in [1.82, 2.24) is 5.32 Å². The number of nitrogens with one attached hydrogen (secondary N) is 1. The highest BCUT2D eigenvalue weighted by Crippen LogP contribution is 2.22. The molecule has 0 radical (unpaired) electrons. The number of amides is 1. The molecule has 0 saturated heterocycles. The molecule has 0 aliphatic rings. The Morgan fingerprint density at radius 3 is 2.65 bits per heavy atom. The summed E-state index contributed by atoms with van der Waals surface area (Å²) in [6.07, 6.45) is 0.537. The van der Waals surface area contributed by atoms with Crippen LogP contribution in [0.15, 0.2) is 36.4 Å². The van der Waals surface area contributed by atoms with Crippen molar-refractivity contribution >= 4 is 34.8 Å². The number of hydrogen-bond acceptors (Lipinski definition) is 3. The predicted octanol–water partition coefficient (Wildman–Crippen LogP) is 4.18. The summed E-state index contributed by atoms with van der Waals surface area (Å²) in [4.78, 5) is 22.6. The van der Waals surface area contributed by atoms with E-state index in [1.54, 1.807) is 31.2 Å². The molecule has 1 amide bonds. The summed E-state index contributed by atoms with van der Waals surface area (Å²) in [5, 5.41) is 14.7. The number of nitro groups is 1. The molecule has 2 rings (SSSR count). The maximum atomic E-state index is 12.2. The summed E-state index contributed by atoms with van der Waals surface area (Å²) in [5.41, 5.74) is 1.44. The van der Waals surface area contributed by atoms with Gasteiger partial charge in [0.15, 0.2) is 0 Å². The van der Waals surface area contributed by atoms with Crippen LogP contribution in [0.4, 0.5) is 5.69 Å². The second-order valence-electron chi connectivity index (χ2n) is 4.95. The standard InChI is InChI=1S/C16H14Cl2N2O3/c1-10-13(3-2-4-15(10)20(22)23)16(21)19-8-7-11-5-6-12(17)9-14(11)18/h2-6,9H,7-8H2,1H3,(H,19,21). The molecule has 0 fully saturated rings. The molecule has 2 aromatic carbocycles. The quantitative estimate of drug-likeness (QED) is 0.647. The van der Waals surface area contributed by atoms with Gasteiger partial charge in [-0.1, -0.05) is 35.3 Å². The van der Waals surface area contributed by atoms with E-state index in [0.29, 0.717) is 34.1 Å². The van der Waals surface area contributed by atoms with E-state index in [2.05, 4.69) is 5.32 Å². The Morgan fingerprint density at radius 1 is 1.26 bits per heavy atom. The van der Waals surface area contributed by atoms with Crippen LogP contribution in [-0.4, -0.2) is 17.4 Å². The molecule has 0 heterocycles. The largest absolute Gasteiger partial charge is 0.352 e. The molecule has 0 saturated carbocycles. The average molecular weight is 353 g/mol. The molecule has 2 aromatic rings. The monoisotopic (exact) mass is 352 g/mol. The van der Waals surface area contributed by atoms with E-state index >= 15 is 0 Å². The zero-order chi connectivity index (χ0) is 17.0. The lowest BCUT2D eigenvalue weighted by Gasteiger charge is -2.09. The van der Waals surface area contributed by atoms with Crippen LogP contribution in [0.2, 0.25) is 10.0 Å². The third-order valence-corrected chi connectivity index (χ3v) is 4.03. The van der Waals surface area contributed by atoms with Gasteiger partial charge in [0.1, 0.15) is 0 Å². The third kappa shape index (κ3) is 4.21.